The van der Waals surface area contributed by atoms with Crippen LogP contribution in [0.25, 0.3) is 0 Å². The Morgan fingerprint density at radius 2 is 0.811 bits per heavy atom. The van der Waals surface area contributed by atoms with Gasteiger partial charge in [-0.15, -0.1) is 0 Å². The summed E-state index contributed by atoms with van der Waals surface area (Å²) in [6.07, 6.45) is -15.1. The fourth-order valence-electron chi connectivity index (χ4n) is 10.3. The Morgan fingerprint density at radius 3 is 1.18 bits per heavy atom. The molecule has 74 heavy (non-hydrogen) atoms. The van der Waals surface area contributed by atoms with Crippen LogP contribution in [0.3, 0.4) is 0 Å². The van der Waals surface area contributed by atoms with E-state index in [0.717, 1.165) is 20.8 Å². The largest absolute Gasteiger partial charge is 0.548 e. The summed E-state index contributed by atoms with van der Waals surface area (Å²) < 4.78 is 380. The van der Waals surface area contributed by atoms with Crippen molar-refractivity contribution in [3.8, 4) is 0 Å². The van der Waals surface area contributed by atoms with Gasteiger partial charge in [0.2, 0.25) is 0 Å². The van der Waals surface area contributed by atoms with Crippen molar-refractivity contribution in [2.45, 2.75) is 233 Å². The first-order valence-electron chi connectivity index (χ1n) is 23.6. The SMILES string of the molecule is CCCCCCC(C)(O[Si](C)(c1cc(F)c(F)c(F)c1)C(C)(CCCCC)O[Si](C(F)(F)F)(C(F)(F)F)C(F)(F)F)C(C)(CCC)[Si](C)(CCC(F)(F)F)OC(C)(CCCC)[Si](C(F)(F)F)(C(F)(F)F)C(F)(F)F. The monoisotopic (exact) mass is 1200 g/mol. The average Bonchev–Trinajstić information content (AvgIpc) is 3.18. The van der Waals surface area contributed by atoms with Crippen molar-refractivity contribution < 1.29 is 119 Å². The van der Waals surface area contributed by atoms with Crippen molar-refractivity contribution >= 4 is 38.2 Å². The summed E-state index contributed by atoms with van der Waals surface area (Å²) in [5.41, 5.74) is -2.91. The molecule has 0 radical (unpaired) electrons. The van der Waals surface area contributed by atoms with Crippen LogP contribution in [0.4, 0.5) is 105 Å². The highest BCUT2D eigenvalue weighted by Gasteiger charge is 2.95. The third-order valence-corrected chi connectivity index (χ3v) is 32.7. The summed E-state index contributed by atoms with van der Waals surface area (Å²) >= 11 is 0. The lowest BCUT2D eigenvalue weighted by atomic mass is 9.82. The Morgan fingerprint density at radius 1 is 0.419 bits per heavy atom. The molecule has 0 N–H and O–H groups in total. The van der Waals surface area contributed by atoms with Crippen molar-refractivity contribution in [3.05, 3.63) is 29.6 Å². The minimum atomic E-state index is -9.50. The standard InChI is InChI=1S/C43H64F24O3Si4/c1-11-15-18-20-22-33(5,34(6,21-14-4)71(9,26-25-37(47,48)49)69-36(8,23-17-13-3)73(38(50,51)52,39(53,54)55)40(56,57)58)68-72(10,29-27-30(44)32(46)31(45)28-29)35(7,24-19-16-12-2)70-74(41(59,60)61,42(62,63)64)43(65,66)67/h27-28H,11-26H2,1-10H3. The highest BCUT2D eigenvalue weighted by atomic mass is 28.4. The van der Waals surface area contributed by atoms with Crippen LogP contribution in [0.5, 0.6) is 0 Å². The first-order chi connectivity index (χ1) is 32.9. The molecule has 0 aromatic heterocycles. The van der Waals surface area contributed by atoms with Gasteiger partial charge in [-0.25, -0.2) is 13.2 Å². The Labute approximate surface area is 418 Å². The second-order valence-corrected chi connectivity index (χ2v) is 35.7. The Hall–Kier alpha value is -1.71. The van der Waals surface area contributed by atoms with Crippen LogP contribution >= 0.6 is 0 Å². The molecular weight excluding hydrogens is 1130 g/mol. The van der Waals surface area contributed by atoms with E-state index in [-0.39, 0.29) is 58.1 Å². The predicted octanol–water partition coefficient (Wildman–Crippen LogP) is 18.1. The van der Waals surface area contributed by atoms with Crippen LogP contribution in [0.2, 0.25) is 24.2 Å². The minimum absolute atomic E-state index is 0.00892. The van der Waals surface area contributed by atoms with E-state index < -0.39 is 182 Å². The molecule has 0 amide bonds. The van der Waals surface area contributed by atoms with Crippen molar-refractivity contribution in [2.75, 3.05) is 0 Å². The van der Waals surface area contributed by atoms with Gasteiger partial charge in [0.05, 0.1) is 16.0 Å². The molecular formula is C43H64F24O3Si4. The van der Waals surface area contributed by atoms with Gasteiger partial charge in [-0.05, 0) is 82.9 Å². The molecule has 1 aromatic carbocycles. The van der Waals surface area contributed by atoms with Gasteiger partial charge in [0.25, 0.3) is 8.32 Å². The summed E-state index contributed by atoms with van der Waals surface area (Å²) in [4.78, 5) is 0. The van der Waals surface area contributed by atoms with Gasteiger partial charge in [-0.2, -0.15) is 92.2 Å². The lowest BCUT2D eigenvalue weighted by Gasteiger charge is -2.62. The van der Waals surface area contributed by atoms with Gasteiger partial charge in [-0.3, -0.25) is 0 Å². The number of rotatable bonds is 27. The molecule has 6 atom stereocenters. The van der Waals surface area contributed by atoms with E-state index in [1.165, 1.54) is 13.8 Å². The summed E-state index contributed by atoms with van der Waals surface area (Å²) in [6.45, 7) is 8.00. The zero-order valence-electron chi connectivity index (χ0n) is 42.3. The van der Waals surface area contributed by atoms with E-state index in [2.05, 4.69) is 4.43 Å². The molecule has 438 valence electrons. The normalized spacial score (nSPS) is 19.3. The maximum absolute atomic E-state index is 15.5. The van der Waals surface area contributed by atoms with Crippen molar-refractivity contribution in [2.24, 2.45) is 0 Å². The second-order valence-electron chi connectivity index (χ2n) is 20.0. The minimum Gasteiger partial charge on any atom is -0.413 e. The topological polar surface area (TPSA) is 27.7 Å². The quantitative estimate of drug-likeness (QED) is 0.0380. The molecule has 0 aliphatic rings. The number of unbranched alkanes of at least 4 members (excludes halogenated alkanes) is 6. The number of alkyl halides is 21. The van der Waals surface area contributed by atoms with Gasteiger partial charge in [0.15, 0.2) is 25.8 Å². The second kappa shape index (κ2) is 23.9. The molecule has 0 fully saturated rings. The lowest BCUT2D eigenvalue weighted by molar-refractivity contribution is -0.201. The van der Waals surface area contributed by atoms with Crippen LogP contribution in [0, 0.1) is 17.5 Å². The molecule has 0 bridgehead atoms. The lowest BCUT2D eigenvalue weighted by Crippen LogP contribution is -2.84. The molecule has 3 nitrogen and oxygen atoms in total. The predicted molar refractivity (Wildman–Crippen MR) is 237 cm³/mol. The Balaban J connectivity index is 5.27. The molecule has 1 rings (SSSR count). The third-order valence-electron chi connectivity index (χ3n) is 14.8. The average molecular weight is 1200 g/mol. The van der Waals surface area contributed by atoms with Gasteiger partial charge in [0.1, 0.15) is 0 Å². The van der Waals surface area contributed by atoms with Gasteiger partial charge in [0, 0.05) is 11.5 Å². The molecule has 0 aliphatic heterocycles. The van der Waals surface area contributed by atoms with E-state index in [4.69, 9.17) is 8.85 Å². The van der Waals surface area contributed by atoms with Crippen LogP contribution in [0.15, 0.2) is 12.1 Å². The van der Waals surface area contributed by atoms with Crippen molar-refractivity contribution in [1.29, 1.82) is 0 Å². The smallest absolute Gasteiger partial charge is 0.413 e. The molecule has 0 saturated heterocycles. The van der Waals surface area contributed by atoms with E-state index in [0.29, 0.717) is 19.5 Å². The summed E-state index contributed by atoms with van der Waals surface area (Å²) in [6, 6.07) is -1.85. The molecule has 6 unspecified atom stereocenters. The molecule has 0 aliphatic carbocycles. The zero-order valence-corrected chi connectivity index (χ0v) is 46.3. The van der Waals surface area contributed by atoms with Crippen LogP contribution < -0.4 is 5.19 Å². The Bertz CT molecular complexity index is 1860. The first kappa shape index (κ1) is 70.3. The van der Waals surface area contributed by atoms with E-state index >= 15 is 87.8 Å². The summed E-state index contributed by atoms with van der Waals surface area (Å²) in [7, 11) is -30.8. The molecule has 0 saturated carbocycles. The van der Waals surface area contributed by atoms with E-state index in [9.17, 15) is 17.6 Å². The highest BCUT2D eigenvalue weighted by Crippen LogP contribution is 2.64. The maximum atomic E-state index is 15.5. The van der Waals surface area contributed by atoms with Gasteiger partial charge in [-0.1, -0.05) is 98.8 Å². The Kier molecular flexibility index (Phi) is 22.7. The fraction of sp³-hybridized carbons (Fsp3) is 0.860. The number of benzene rings is 1. The molecule has 31 heteroatoms. The summed E-state index contributed by atoms with van der Waals surface area (Å²) in [5, 5.41) is -12.4. The highest BCUT2D eigenvalue weighted by molar-refractivity contribution is 6.90. The number of hydrogen-bond acceptors (Lipinski definition) is 3. The molecule has 0 spiro atoms. The maximum Gasteiger partial charge on any atom is 0.548 e. The van der Waals surface area contributed by atoms with Crippen LogP contribution in [-0.2, 0) is 13.3 Å². The van der Waals surface area contributed by atoms with Crippen molar-refractivity contribution in [3.63, 3.8) is 0 Å². The van der Waals surface area contributed by atoms with Gasteiger partial charge < -0.3 is 13.3 Å². The fourth-order valence-corrected chi connectivity index (χ4v) is 26.8. The third kappa shape index (κ3) is 13.6. The van der Waals surface area contributed by atoms with Crippen molar-refractivity contribution in [1.82, 2.24) is 0 Å². The number of hydrogen-bond donors (Lipinski definition) is 0. The van der Waals surface area contributed by atoms with Gasteiger partial charge >= 0.3 is 57.4 Å². The number of halogens is 24. The van der Waals surface area contributed by atoms with Crippen LogP contribution in [0.1, 0.15) is 152 Å². The molecule has 0 heterocycles. The van der Waals surface area contributed by atoms with E-state index in [1.807, 2.05) is 0 Å². The zero-order chi connectivity index (χ0) is 58.7. The first-order valence-corrected chi connectivity index (χ1v) is 32.5. The van der Waals surface area contributed by atoms with Crippen LogP contribution in [-0.4, -0.2) is 90.0 Å². The summed E-state index contributed by atoms with van der Waals surface area (Å²) in [5.74, 6) is -50.9. The van der Waals surface area contributed by atoms with E-state index in [1.54, 1.807) is 6.92 Å². The molecule has 1 aromatic rings.